The van der Waals surface area contributed by atoms with Gasteiger partial charge in [-0.2, -0.15) is 0 Å². The first kappa shape index (κ1) is 18.5. The Balaban J connectivity index is 1.79. The number of aryl methyl sites for hydroxylation is 1. The van der Waals surface area contributed by atoms with Gasteiger partial charge in [-0.1, -0.05) is 36.4 Å². The van der Waals surface area contributed by atoms with Gasteiger partial charge in [-0.25, -0.2) is 8.42 Å². The summed E-state index contributed by atoms with van der Waals surface area (Å²) in [6.07, 6.45) is 0. The Hall–Kier alpha value is -3.30. The van der Waals surface area contributed by atoms with E-state index in [0.717, 1.165) is 16.8 Å². The Morgan fingerprint density at radius 3 is 2.41 bits per heavy atom. The van der Waals surface area contributed by atoms with Gasteiger partial charge in [0.05, 0.1) is 9.82 Å². The highest BCUT2D eigenvalue weighted by molar-refractivity contribution is 7.89. The fraction of sp³-hybridized carbons (Fsp3) is 0.0556. The summed E-state index contributed by atoms with van der Waals surface area (Å²) >= 11 is 0. The minimum absolute atomic E-state index is 0.270. The largest absolute Gasteiger partial charge is 0.273 e. The van der Waals surface area contributed by atoms with Crippen LogP contribution in [0, 0.1) is 17.0 Å². The highest BCUT2D eigenvalue weighted by Crippen LogP contribution is 2.22. The highest BCUT2D eigenvalue weighted by Gasteiger charge is 2.20. The maximum atomic E-state index is 12.3. The number of rotatable bonds is 5. The van der Waals surface area contributed by atoms with E-state index in [4.69, 9.17) is 0 Å². The summed E-state index contributed by atoms with van der Waals surface area (Å²) < 4.78 is 24.6. The zero-order chi connectivity index (χ0) is 19.6. The van der Waals surface area contributed by atoms with Crippen molar-refractivity contribution in [3.8, 4) is 0 Å². The van der Waals surface area contributed by atoms with E-state index in [0.29, 0.717) is 5.56 Å². The zero-order valence-electron chi connectivity index (χ0n) is 14.2. The second-order valence-corrected chi connectivity index (χ2v) is 7.51. The van der Waals surface area contributed by atoms with E-state index in [1.807, 2.05) is 29.1 Å². The van der Waals surface area contributed by atoms with Gasteiger partial charge in [0.25, 0.3) is 21.6 Å². The topological polar surface area (TPSA) is 118 Å². The standard InChI is InChI=1S/C18H15N3O5S/c1-12-6-9-16(11-17(12)21(23)24)27(25,26)20-19-18(22)15-8-7-13-4-2-3-5-14(13)10-15/h2-11,20H,1H3,(H,19,22). The molecule has 0 spiro atoms. The van der Waals surface area contributed by atoms with Gasteiger partial charge < -0.3 is 0 Å². The van der Waals surface area contributed by atoms with Crippen LogP contribution in [0.15, 0.2) is 65.6 Å². The van der Waals surface area contributed by atoms with Crippen molar-refractivity contribution < 1.29 is 18.1 Å². The van der Waals surface area contributed by atoms with Crippen molar-refractivity contribution in [3.05, 3.63) is 81.9 Å². The molecule has 27 heavy (non-hydrogen) atoms. The predicted molar refractivity (Wildman–Crippen MR) is 99.6 cm³/mol. The molecule has 0 bridgehead atoms. The number of hydrazine groups is 1. The Morgan fingerprint density at radius 2 is 1.70 bits per heavy atom. The fourth-order valence-electron chi connectivity index (χ4n) is 2.53. The summed E-state index contributed by atoms with van der Waals surface area (Å²) in [6, 6.07) is 15.9. The van der Waals surface area contributed by atoms with Crippen LogP contribution in [0.1, 0.15) is 15.9 Å². The van der Waals surface area contributed by atoms with Gasteiger partial charge >= 0.3 is 0 Å². The summed E-state index contributed by atoms with van der Waals surface area (Å²) in [6.45, 7) is 1.50. The van der Waals surface area contributed by atoms with E-state index in [2.05, 4.69) is 5.43 Å². The summed E-state index contributed by atoms with van der Waals surface area (Å²) in [5.74, 6) is -0.647. The highest BCUT2D eigenvalue weighted by atomic mass is 32.2. The van der Waals surface area contributed by atoms with Crippen LogP contribution in [0.25, 0.3) is 10.8 Å². The van der Waals surface area contributed by atoms with Gasteiger partial charge in [0.2, 0.25) is 0 Å². The Kier molecular flexibility index (Phi) is 4.89. The average Bonchev–Trinajstić information content (AvgIpc) is 2.65. The Bertz CT molecular complexity index is 1160. The number of benzene rings is 3. The molecule has 9 heteroatoms. The molecule has 0 radical (unpaired) electrons. The van der Waals surface area contributed by atoms with Crippen molar-refractivity contribution in [2.75, 3.05) is 0 Å². The van der Waals surface area contributed by atoms with Gasteiger partial charge in [0.1, 0.15) is 0 Å². The van der Waals surface area contributed by atoms with Crippen molar-refractivity contribution >= 4 is 32.4 Å². The third-order valence-electron chi connectivity index (χ3n) is 4.00. The van der Waals surface area contributed by atoms with Crippen LogP contribution < -0.4 is 10.3 Å². The molecule has 138 valence electrons. The summed E-state index contributed by atoms with van der Waals surface area (Å²) in [4.78, 5) is 24.2. The molecular formula is C18H15N3O5S. The van der Waals surface area contributed by atoms with Gasteiger partial charge in [0.15, 0.2) is 0 Å². The number of hydrogen-bond acceptors (Lipinski definition) is 5. The SMILES string of the molecule is Cc1ccc(S(=O)(=O)NNC(=O)c2ccc3ccccc3c2)cc1[N+](=O)[O-]. The molecule has 3 aromatic carbocycles. The van der Waals surface area contributed by atoms with E-state index in [-0.39, 0.29) is 16.1 Å². The van der Waals surface area contributed by atoms with Gasteiger partial charge in [0, 0.05) is 17.2 Å². The molecule has 0 saturated heterocycles. The predicted octanol–water partition coefficient (Wildman–Crippen LogP) is 2.68. The molecule has 0 unspecified atom stereocenters. The maximum Gasteiger partial charge on any atom is 0.273 e. The van der Waals surface area contributed by atoms with Crippen LogP contribution in [0.2, 0.25) is 0 Å². The minimum atomic E-state index is -4.17. The van der Waals surface area contributed by atoms with E-state index in [1.165, 1.54) is 19.1 Å². The van der Waals surface area contributed by atoms with E-state index in [1.54, 1.807) is 18.2 Å². The number of nitro groups is 1. The number of fused-ring (bicyclic) bond motifs is 1. The first-order valence-electron chi connectivity index (χ1n) is 7.84. The van der Waals surface area contributed by atoms with Gasteiger partial charge in [-0.05, 0) is 35.9 Å². The summed E-state index contributed by atoms with van der Waals surface area (Å²) in [5, 5.41) is 12.8. The second-order valence-electron chi connectivity index (χ2n) is 5.83. The number of carbonyl (C=O) groups is 1. The van der Waals surface area contributed by atoms with Crippen molar-refractivity contribution in [2.45, 2.75) is 11.8 Å². The van der Waals surface area contributed by atoms with Crippen LogP contribution in [0.5, 0.6) is 0 Å². The van der Waals surface area contributed by atoms with Crippen LogP contribution in [0.4, 0.5) is 5.69 Å². The number of carbonyl (C=O) groups excluding carboxylic acids is 1. The average molecular weight is 385 g/mol. The van der Waals surface area contributed by atoms with Crippen molar-refractivity contribution in [1.82, 2.24) is 10.3 Å². The van der Waals surface area contributed by atoms with Gasteiger partial charge in [-0.15, -0.1) is 4.83 Å². The molecule has 0 aliphatic rings. The minimum Gasteiger partial charge on any atom is -0.273 e. The quantitative estimate of drug-likeness (QED) is 0.517. The molecule has 0 saturated carbocycles. The van der Waals surface area contributed by atoms with Crippen molar-refractivity contribution in [3.63, 3.8) is 0 Å². The van der Waals surface area contributed by atoms with Gasteiger partial charge in [-0.3, -0.25) is 20.3 Å². The van der Waals surface area contributed by atoms with Crippen LogP contribution in [-0.4, -0.2) is 19.2 Å². The Labute approximate surface area is 155 Å². The molecule has 0 fully saturated rings. The molecule has 0 aliphatic carbocycles. The Morgan fingerprint density at radius 1 is 1.00 bits per heavy atom. The number of nitrogens with zero attached hydrogens (tertiary/aromatic N) is 1. The monoisotopic (exact) mass is 385 g/mol. The first-order chi connectivity index (χ1) is 12.8. The van der Waals surface area contributed by atoms with Crippen LogP contribution in [-0.2, 0) is 10.0 Å². The van der Waals surface area contributed by atoms with Crippen molar-refractivity contribution in [2.24, 2.45) is 0 Å². The number of hydrogen-bond donors (Lipinski definition) is 2. The molecule has 0 aromatic heterocycles. The molecule has 1 amide bonds. The molecular weight excluding hydrogens is 370 g/mol. The fourth-order valence-corrected chi connectivity index (χ4v) is 3.39. The molecule has 0 heterocycles. The van der Waals surface area contributed by atoms with E-state index in [9.17, 15) is 23.3 Å². The van der Waals surface area contributed by atoms with Crippen molar-refractivity contribution in [1.29, 1.82) is 0 Å². The molecule has 2 N–H and O–H groups in total. The molecule has 0 aliphatic heterocycles. The zero-order valence-corrected chi connectivity index (χ0v) is 15.0. The smallest absolute Gasteiger partial charge is 0.273 e. The molecule has 3 aromatic rings. The van der Waals surface area contributed by atoms with E-state index < -0.39 is 20.9 Å². The number of amides is 1. The maximum absolute atomic E-state index is 12.3. The van der Waals surface area contributed by atoms with Crippen LogP contribution in [0.3, 0.4) is 0 Å². The number of nitrogens with one attached hydrogen (secondary N) is 2. The normalized spacial score (nSPS) is 11.3. The third-order valence-corrected chi connectivity index (χ3v) is 5.24. The summed E-state index contributed by atoms with van der Waals surface area (Å²) in [7, 11) is -4.17. The lowest BCUT2D eigenvalue weighted by Gasteiger charge is -2.09. The number of sulfonamides is 1. The van der Waals surface area contributed by atoms with Crippen LogP contribution >= 0.6 is 0 Å². The lowest BCUT2D eigenvalue weighted by atomic mass is 10.1. The molecule has 3 rings (SSSR count). The molecule has 0 atom stereocenters. The number of nitro benzene ring substituents is 1. The van der Waals surface area contributed by atoms with E-state index >= 15 is 0 Å². The second kappa shape index (κ2) is 7.14. The lowest BCUT2D eigenvalue weighted by Crippen LogP contribution is -2.41. The molecule has 8 nitrogen and oxygen atoms in total. The lowest BCUT2D eigenvalue weighted by molar-refractivity contribution is -0.385. The summed E-state index contributed by atoms with van der Waals surface area (Å²) in [5.41, 5.74) is 2.40. The first-order valence-corrected chi connectivity index (χ1v) is 9.32. The third kappa shape index (κ3) is 3.94.